The summed E-state index contributed by atoms with van der Waals surface area (Å²) in [6.07, 6.45) is 9.76. The highest BCUT2D eigenvalue weighted by Crippen LogP contribution is 2.49. The van der Waals surface area contributed by atoms with Crippen molar-refractivity contribution in [1.29, 1.82) is 0 Å². The molecule has 0 saturated heterocycles. The fraction of sp³-hybridized carbons (Fsp3) is 0.143. The quantitative estimate of drug-likeness (QED) is 0.309. The Morgan fingerprint density at radius 2 is 1.00 bits per heavy atom. The molecular weight excluding hydrogens is 364 g/mol. The molecule has 0 saturated carbocycles. The molecular formula is C28H24Si. The van der Waals surface area contributed by atoms with Crippen LogP contribution >= 0.6 is 0 Å². The summed E-state index contributed by atoms with van der Waals surface area (Å²) in [6, 6.07) is 27.0. The van der Waals surface area contributed by atoms with Crippen LogP contribution in [0.15, 0.2) is 84.9 Å². The third-order valence-electron chi connectivity index (χ3n) is 7.19. The molecule has 6 rings (SSSR count). The van der Waals surface area contributed by atoms with Gasteiger partial charge in [-0.2, -0.15) is 0 Å². The predicted molar refractivity (Wildman–Crippen MR) is 129 cm³/mol. The largest absolute Gasteiger partial charge is 0.0791 e. The summed E-state index contributed by atoms with van der Waals surface area (Å²) < 4.78 is 0. The van der Waals surface area contributed by atoms with Gasteiger partial charge in [-0.3, -0.25) is 0 Å². The van der Waals surface area contributed by atoms with Gasteiger partial charge in [0.1, 0.15) is 0 Å². The fourth-order valence-corrected chi connectivity index (χ4v) is 9.30. The molecule has 0 aliphatic heterocycles. The average molecular weight is 389 g/mol. The van der Waals surface area contributed by atoms with Crippen molar-refractivity contribution in [1.82, 2.24) is 0 Å². The van der Waals surface area contributed by atoms with Crippen molar-refractivity contribution < 1.29 is 0 Å². The van der Waals surface area contributed by atoms with E-state index in [2.05, 4.69) is 110 Å². The summed E-state index contributed by atoms with van der Waals surface area (Å²) in [5.41, 5.74) is 7.04. The predicted octanol–water partition coefficient (Wildman–Crippen LogP) is 7.70. The van der Waals surface area contributed by atoms with Gasteiger partial charge in [-0.25, -0.2) is 0 Å². The maximum absolute atomic E-state index is 2.57. The Bertz CT molecular complexity index is 1240. The van der Waals surface area contributed by atoms with E-state index in [1.54, 1.807) is 0 Å². The van der Waals surface area contributed by atoms with Gasteiger partial charge in [0.2, 0.25) is 0 Å². The molecule has 0 amide bonds. The number of benzene rings is 4. The first-order valence-electron chi connectivity index (χ1n) is 10.5. The van der Waals surface area contributed by atoms with Gasteiger partial charge in [-0.05, 0) is 54.9 Å². The first kappa shape index (κ1) is 17.0. The van der Waals surface area contributed by atoms with Crippen LogP contribution < -0.4 is 0 Å². The minimum absolute atomic E-state index is 0.550. The van der Waals surface area contributed by atoms with Crippen LogP contribution in [-0.4, -0.2) is 8.07 Å². The lowest BCUT2D eigenvalue weighted by Gasteiger charge is -2.35. The third-order valence-corrected chi connectivity index (χ3v) is 11.4. The Labute approximate surface area is 173 Å². The van der Waals surface area contributed by atoms with Crippen molar-refractivity contribution in [3.63, 3.8) is 0 Å². The Balaban J connectivity index is 1.46. The SMILES string of the molecule is C[Si](C)([C@H]1C=Cc2c1ccc1ccccc21)[C@H]1C=Cc2c1ccc1ccccc21. The zero-order chi connectivity index (χ0) is 19.6. The standard InChI is InChI=1S/C28H24Si/c1-29(2,27-17-15-23-21-9-5-3-7-19(21)11-13-25(23)27)28-18-16-24-22-10-6-4-8-20(22)12-14-26(24)28/h3-18,27-28H,1-2H3/t27-,28-/m0/s1. The van der Waals surface area contributed by atoms with Crippen molar-refractivity contribution in [2.75, 3.05) is 0 Å². The summed E-state index contributed by atoms with van der Waals surface area (Å²) in [6.45, 7) is 5.15. The molecule has 0 heterocycles. The maximum Gasteiger partial charge on any atom is 0.0715 e. The topological polar surface area (TPSA) is 0 Å². The molecule has 0 fully saturated rings. The minimum Gasteiger partial charge on any atom is -0.0791 e. The molecule has 2 aliphatic rings. The van der Waals surface area contributed by atoms with Gasteiger partial charge in [0.05, 0.1) is 8.07 Å². The van der Waals surface area contributed by atoms with Crippen LogP contribution in [0.5, 0.6) is 0 Å². The second kappa shape index (κ2) is 6.05. The Hall–Kier alpha value is -2.90. The zero-order valence-corrected chi connectivity index (χ0v) is 17.9. The molecule has 29 heavy (non-hydrogen) atoms. The molecule has 0 nitrogen and oxygen atoms in total. The van der Waals surface area contributed by atoms with E-state index in [1.165, 1.54) is 43.8 Å². The van der Waals surface area contributed by atoms with E-state index in [0.717, 1.165) is 0 Å². The monoisotopic (exact) mass is 388 g/mol. The van der Waals surface area contributed by atoms with E-state index >= 15 is 0 Å². The number of hydrogen-bond donors (Lipinski definition) is 0. The zero-order valence-electron chi connectivity index (χ0n) is 16.9. The van der Waals surface area contributed by atoms with Crippen LogP contribution in [0.4, 0.5) is 0 Å². The van der Waals surface area contributed by atoms with E-state index in [9.17, 15) is 0 Å². The van der Waals surface area contributed by atoms with Crippen molar-refractivity contribution in [3.8, 4) is 0 Å². The summed E-state index contributed by atoms with van der Waals surface area (Å²) >= 11 is 0. The van der Waals surface area contributed by atoms with Gasteiger partial charge in [-0.15, -0.1) is 0 Å². The Morgan fingerprint density at radius 1 is 0.552 bits per heavy atom. The summed E-state index contributed by atoms with van der Waals surface area (Å²) in [5.74, 6) is 0. The summed E-state index contributed by atoms with van der Waals surface area (Å²) in [5, 5.41) is 5.46. The van der Waals surface area contributed by atoms with Crippen LogP contribution in [-0.2, 0) is 0 Å². The molecule has 2 aliphatic carbocycles. The van der Waals surface area contributed by atoms with Crippen molar-refractivity contribution >= 4 is 41.8 Å². The van der Waals surface area contributed by atoms with E-state index in [0.29, 0.717) is 11.1 Å². The molecule has 1 heteroatoms. The van der Waals surface area contributed by atoms with E-state index in [4.69, 9.17) is 0 Å². The van der Waals surface area contributed by atoms with E-state index < -0.39 is 8.07 Å². The van der Waals surface area contributed by atoms with Crippen LogP contribution in [0.3, 0.4) is 0 Å². The second-order valence-electron chi connectivity index (χ2n) is 9.07. The van der Waals surface area contributed by atoms with Gasteiger partial charge in [0, 0.05) is 0 Å². The van der Waals surface area contributed by atoms with Gasteiger partial charge in [0.15, 0.2) is 0 Å². The molecule has 0 spiro atoms. The Kier molecular flexibility index (Phi) is 3.54. The number of allylic oxidation sites excluding steroid dienone is 2. The first-order chi connectivity index (χ1) is 14.1. The molecule has 4 aromatic carbocycles. The molecule has 0 radical (unpaired) electrons. The lowest BCUT2D eigenvalue weighted by atomic mass is 10.0. The molecule has 0 bridgehead atoms. The van der Waals surface area contributed by atoms with E-state index in [-0.39, 0.29) is 0 Å². The van der Waals surface area contributed by atoms with Crippen LogP contribution in [0.1, 0.15) is 33.3 Å². The lowest BCUT2D eigenvalue weighted by molar-refractivity contribution is 1.05. The Morgan fingerprint density at radius 3 is 1.48 bits per heavy atom. The van der Waals surface area contributed by atoms with Crippen molar-refractivity contribution in [2.24, 2.45) is 0 Å². The van der Waals surface area contributed by atoms with Crippen LogP contribution in [0.2, 0.25) is 13.1 Å². The normalized spacial score (nSPS) is 19.8. The highest BCUT2D eigenvalue weighted by atomic mass is 28.3. The molecule has 140 valence electrons. The fourth-order valence-electron chi connectivity index (χ4n) is 5.62. The summed E-state index contributed by atoms with van der Waals surface area (Å²) in [4.78, 5) is 0. The molecule has 0 N–H and O–H groups in total. The van der Waals surface area contributed by atoms with Gasteiger partial charge < -0.3 is 0 Å². The average Bonchev–Trinajstić information content (AvgIpc) is 3.39. The highest BCUT2D eigenvalue weighted by molar-refractivity contribution is 6.81. The van der Waals surface area contributed by atoms with Gasteiger partial charge in [0.25, 0.3) is 0 Å². The maximum atomic E-state index is 2.57. The first-order valence-corrected chi connectivity index (χ1v) is 13.7. The highest BCUT2D eigenvalue weighted by Gasteiger charge is 2.43. The molecule has 0 unspecified atom stereocenters. The smallest absolute Gasteiger partial charge is 0.0715 e. The number of rotatable bonds is 2. The van der Waals surface area contributed by atoms with Crippen LogP contribution in [0.25, 0.3) is 33.7 Å². The van der Waals surface area contributed by atoms with Gasteiger partial charge in [-0.1, -0.05) is 110 Å². The molecule has 4 aromatic rings. The van der Waals surface area contributed by atoms with Gasteiger partial charge >= 0.3 is 0 Å². The molecule has 0 aromatic heterocycles. The summed E-state index contributed by atoms with van der Waals surface area (Å²) in [7, 11) is -1.69. The minimum atomic E-state index is -1.69. The van der Waals surface area contributed by atoms with Crippen molar-refractivity contribution in [3.05, 3.63) is 107 Å². The van der Waals surface area contributed by atoms with Crippen molar-refractivity contribution in [2.45, 2.75) is 24.2 Å². The number of hydrogen-bond acceptors (Lipinski definition) is 0. The second-order valence-corrected chi connectivity index (χ2v) is 14.0. The lowest BCUT2D eigenvalue weighted by Crippen LogP contribution is -2.39. The number of fused-ring (bicyclic) bond motifs is 6. The van der Waals surface area contributed by atoms with E-state index in [1.807, 2.05) is 0 Å². The molecule has 2 atom stereocenters. The van der Waals surface area contributed by atoms with Crippen LogP contribution in [0, 0.1) is 0 Å². The third kappa shape index (κ3) is 2.37.